The van der Waals surface area contributed by atoms with E-state index in [4.69, 9.17) is 10.6 Å². The Hall–Kier alpha value is -1.77. The fraction of sp³-hybridized carbons (Fsp3) is 0.240. The molecule has 0 fully saturated rings. The minimum atomic E-state index is -0.702. The number of aliphatic carboxylic acids is 1. The first-order valence-electron chi connectivity index (χ1n) is 10.6. The molecular formula is C25H27BIO3S. The first-order chi connectivity index (χ1) is 15.6. The van der Waals surface area contributed by atoms with Gasteiger partial charge in [0.1, 0.15) is 0 Å². The molecular weight excluding hydrogens is 518 g/mol. The van der Waals surface area contributed by atoms with E-state index in [0.29, 0.717) is 19.4 Å². The van der Waals surface area contributed by atoms with Gasteiger partial charge in [0, 0.05) is 4.43 Å². The van der Waals surface area contributed by atoms with Gasteiger partial charge in [0.2, 0.25) is 7.09 Å². The van der Waals surface area contributed by atoms with Crippen LogP contribution in [-0.2, 0) is 26.4 Å². The lowest BCUT2D eigenvalue weighted by Crippen LogP contribution is -2.15. The first-order valence-corrected chi connectivity index (χ1v) is 12.4. The molecule has 3 aromatic carbocycles. The Balaban J connectivity index is 0.000000244. The van der Waals surface area contributed by atoms with Crippen LogP contribution in [0.25, 0.3) is 11.1 Å². The van der Waals surface area contributed by atoms with Gasteiger partial charge in [0.15, 0.2) is 0 Å². The smallest absolute Gasteiger partial charge is 0.306 e. The number of carboxylic acids is 1. The third-order valence-electron chi connectivity index (χ3n) is 4.86. The van der Waals surface area contributed by atoms with Crippen LogP contribution < -0.4 is 0 Å². The molecule has 0 aliphatic rings. The number of carbonyl (C=O) groups is 1. The molecule has 0 saturated carbocycles. The third-order valence-corrected chi connectivity index (χ3v) is 5.99. The average molecular weight is 547 g/mol. The normalized spacial score (nSPS) is 11.6. The Morgan fingerprint density at radius 2 is 1.58 bits per heavy atom. The maximum atomic E-state index is 10.7. The zero-order valence-electron chi connectivity index (χ0n) is 18.5. The second-order valence-corrected chi connectivity index (χ2v) is 8.21. The van der Waals surface area contributed by atoms with E-state index in [1.165, 1.54) is 23.8 Å². The monoisotopic (exact) mass is 547 g/mol. The van der Waals surface area contributed by atoms with Gasteiger partial charge < -0.3 is 9.29 Å². The minimum Gasteiger partial charge on any atom is -0.481 e. The predicted molar refractivity (Wildman–Crippen MR) is 141 cm³/mol. The molecule has 0 saturated heterocycles. The summed E-state index contributed by atoms with van der Waals surface area (Å²) in [5, 5.41) is 8.83. The maximum Gasteiger partial charge on any atom is 0.306 e. The van der Waals surface area contributed by atoms with Crippen LogP contribution in [0.1, 0.15) is 30.0 Å². The molecule has 1 atom stereocenters. The van der Waals surface area contributed by atoms with Crippen LogP contribution in [0.3, 0.4) is 0 Å². The highest BCUT2D eigenvalue weighted by Crippen LogP contribution is 2.21. The van der Waals surface area contributed by atoms with E-state index in [2.05, 4.69) is 71.1 Å². The summed E-state index contributed by atoms with van der Waals surface area (Å²) in [5.41, 5.74) is 6.00. The molecule has 161 valence electrons. The van der Waals surface area contributed by atoms with Crippen LogP contribution in [0, 0.1) is 5.92 Å². The molecule has 3 aromatic rings. The van der Waals surface area contributed by atoms with Crippen LogP contribution in [0.4, 0.5) is 0 Å². The van der Waals surface area contributed by atoms with Crippen molar-refractivity contribution in [3.05, 3.63) is 95.6 Å². The van der Waals surface area contributed by atoms with Crippen molar-refractivity contribution in [1.82, 2.24) is 0 Å². The summed E-state index contributed by atoms with van der Waals surface area (Å²) in [5.74, 6) is -0.950. The van der Waals surface area contributed by atoms with Gasteiger partial charge in [-0.15, -0.1) is 0 Å². The van der Waals surface area contributed by atoms with Crippen LogP contribution in [0.15, 0.2) is 78.9 Å². The molecule has 0 heterocycles. The second kappa shape index (κ2) is 14.3. The van der Waals surface area contributed by atoms with E-state index in [0.717, 1.165) is 27.4 Å². The van der Waals surface area contributed by atoms with Crippen LogP contribution in [-0.4, -0.2) is 19.5 Å². The van der Waals surface area contributed by atoms with Gasteiger partial charge in [-0.25, -0.2) is 0 Å². The lowest BCUT2D eigenvalue weighted by atomic mass is 9.97. The van der Waals surface area contributed by atoms with E-state index in [9.17, 15) is 4.79 Å². The fourth-order valence-corrected chi connectivity index (χ4v) is 3.70. The van der Waals surface area contributed by atoms with Crippen molar-refractivity contribution in [3.63, 3.8) is 0 Å². The van der Waals surface area contributed by atoms with Crippen LogP contribution in [0.5, 0.6) is 0 Å². The topological polar surface area (TPSA) is 46.5 Å². The SMILES string of the molecule is CC[C@H](Cc1ccccc1)C(=O)O.[3H][B]SOCc1ccc(-c2ccc(CI)cc2)cc1. The van der Waals surface area contributed by atoms with E-state index >= 15 is 0 Å². The summed E-state index contributed by atoms with van der Waals surface area (Å²) in [4.78, 5) is 10.7. The Labute approximate surface area is 205 Å². The van der Waals surface area contributed by atoms with E-state index in [-0.39, 0.29) is 5.92 Å². The fourth-order valence-electron chi connectivity index (χ4n) is 2.99. The number of alkyl halides is 1. The highest BCUT2D eigenvalue weighted by Gasteiger charge is 2.14. The molecule has 0 amide bonds. The molecule has 0 aliphatic heterocycles. The first kappa shape index (κ1) is 23.9. The predicted octanol–water partition coefficient (Wildman–Crippen LogP) is 6.61. The van der Waals surface area contributed by atoms with Gasteiger partial charge in [-0.2, -0.15) is 0 Å². The summed E-state index contributed by atoms with van der Waals surface area (Å²) >= 11 is 3.42. The van der Waals surface area contributed by atoms with Gasteiger partial charge >= 0.3 is 5.97 Å². The lowest BCUT2D eigenvalue weighted by molar-refractivity contribution is -0.141. The number of hydrogen-bond acceptors (Lipinski definition) is 3. The summed E-state index contributed by atoms with van der Waals surface area (Å²) in [7, 11) is 1.18. The van der Waals surface area contributed by atoms with Crippen molar-refractivity contribution >= 4 is 47.5 Å². The van der Waals surface area contributed by atoms with Crippen molar-refractivity contribution in [1.29, 1.82) is 1.34 Å². The Morgan fingerprint density at radius 1 is 1.00 bits per heavy atom. The highest BCUT2D eigenvalue weighted by molar-refractivity contribution is 14.1. The molecule has 1 N–H and O–H groups in total. The van der Waals surface area contributed by atoms with Crippen molar-refractivity contribution in [2.75, 3.05) is 0 Å². The summed E-state index contributed by atoms with van der Waals surface area (Å²) < 4.78 is 13.1. The molecule has 0 unspecified atom stereocenters. The van der Waals surface area contributed by atoms with Gasteiger partial charge in [0.05, 0.1) is 12.5 Å². The standard InChI is InChI=1S/C14H13BIOS.C11H14O2/c15-18-17-10-12-3-7-14(8-4-12)13-5-1-11(9-16)2-6-13;1-2-10(11(12)13)8-9-6-4-3-5-7-9/h1-8,15H,9-10H2;3-7,10H,2,8H2,1H3,(H,12,13)/t;10-/m.1/s1/i15T;. The van der Waals surface area contributed by atoms with Gasteiger partial charge in [-0.05, 0) is 42.0 Å². The number of benzene rings is 3. The van der Waals surface area contributed by atoms with E-state index < -0.39 is 5.97 Å². The number of halogens is 1. The van der Waals surface area contributed by atoms with Crippen molar-refractivity contribution < 1.29 is 14.1 Å². The Morgan fingerprint density at radius 3 is 2.06 bits per heavy atom. The molecule has 0 aliphatic carbocycles. The zero-order chi connectivity index (χ0) is 23.2. The maximum absolute atomic E-state index is 10.7. The van der Waals surface area contributed by atoms with Crippen molar-refractivity contribution in [2.45, 2.75) is 30.8 Å². The lowest BCUT2D eigenvalue weighted by Gasteiger charge is -2.08. The molecule has 0 aromatic heterocycles. The third kappa shape index (κ3) is 9.09. The van der Waals surface area contributed by atoms with Gasteiger partial charge in [0.25, 0.3) is 0 Å². The molecule has 3 nitrogen and oxygen atoms in total. The Bertz CT molecular complexity index is 924. The molecule has 0 bridgehead atoms. The Kier molecular flexibility index (Phi) is 11.0. The minimum absolute atomic E-state index is 0.248. The highest BCUT2D eigenvalue weighted by atomic mass is 127. The average Bonchev–Trinajstić information content (AvgIpc) is 2.84. The van der Waals surface area contributed by atoms with Crippen molar-refractivity contribution in [2.24, 2.45) is 5.92 Å². The van der Waals surface area contributed by atoms with Gasteiger partial charge in [-0.3, -0.25) is 4.79 Å². The summed E-state index contributed by atoms with van der Waals surface area (Å²) in [6.07, 6.45) is 1.32. The van der Waals surface area contributed by atoms with Gasteiger partial charge in [-0.1, -0.05) is 120 Å². The summed E-state index contributed by atoms with van der Waals surface area (Å²) in [6.45, 7) is 2.43. The molecule has 0 spiro atoms. The number of rotatable bonds is 10. The quantitative estimate of drug-likeness (QED) is 0.102. The van der Waals surface area contributed by atoms with Crippen molar-refractivity contribution in [3.8, 4) is 11.1 Å². The molecule has 3 rings (SSSR count). The molecule has 1 radical (unpaired) electrons. The largest absolute Gasteiger partial charge is 0.481 e. The summed E-state index contributed by atoms with van der Waals surface area (Å²) in [6, 6.07) is 26.7. The number of carboxylic acid groups (broad SMARTS) is 1. The molecule has 31 heavy (non-hydrogen) atoms. The zero-order valence-corrected chi connectivity index (χ0v) is 20.5. The van der Waals surface area contributed by atoms with E-state index in [1.54, 1.807) is 0 Å². The second-order valence-electron chi connectivity index (χ2n) is 7.02. The van der Waals surface area contributed by atoms with Crippen LogP contribution in [0.2, 0.25) is 0 Å². The molecule has 6 heteroatoms. The van der Waals surface area contributed by atoms with E-state index in [1.807, 2.05) is 37.3 Å². The number of hydrogen-bond donors (Lipinski definition) is 1. The van der Waals surface area contributed by atoms with Crippen LogP contribution >= 0.6 is 34.5 Å².